The van der Waals surface area contributed by atoms with E-state index in [1.165, 1.54) is 4.90 Å². The first kappa shape index (κ1) is 13.4. The Kier molecular flexibility index (Phi) is 4.61. The van der Waals surface area contributed by atoms with Gasteiger partial charge in [-0.15, -0.1) is 11.8 Å². The highest BCUT2D eigenvalue weighted by molar-refractivity contribution is 7.98. The summed E-state index contributed by atoms with van der Waals surface area (Å²) < 4.78 is 0. The topological polar surface area (TPSA) is 25.8 Å². The van der Waals surface area contributed by atoms with Crippen LogP contribution in [-0.4, -0.2) is 9.97 Å². The molecular formula is C14H15ClN2S. The number of hydrogen-bond acceptors (Lipinski definition) is 3. The molecular weight excluding hydrogens is 264 g/mol. The third-order valence-electron chi connectivity index (χ3n) is 2.67. The van der Waals surface area contributed by atoms with Crippen LogP contribution < -0.4 is 0 Å². The summed E-state index contributed by atoms with van der Waals surface area (Å²) in [6, 6.07) is 10.2. The van der Waals surface area contributed by atoms with Gasteiger partial charge in [-0.1, -0.05) is 36.7 Å². The van der Waals surface area contributed by atoms with Crippen molar-refractivity contribution in [3.8, 4) is 0 Å². The lowest BCUT2D eigenvalue weighted by atomic mass is 10.2. The van der Waals surface area contributed by atoms with Crippen LogP contribution in [0.25, 0.3) is 0 Å². The highest BCUT2D eigenvalue weighted by atomic mass is 35.5. The molecule has 0 spiro atoms. The zero-order valence-corrected chi connectivity index (χ0v) is 12.1. The van der Waals surface area contributed by atoms with Crippen molar-refractivity contribution in [1.82, 2.24) is 9.97 Å². The molecule has 1 aromatic carbocycles. The predicted molar refractivity (Wildman–Crippen MR) is 77.2 cm³/mol. The molecule has 2 rings (SSSR count). The second-order valence-electron chi connectivity index (χ2n) is 3.95. The van der Waals surface area contributed by atoms with Crippen molar-refractivity contribution in [2.75, 3.05) is 0 Å². The summed E-state index contributed by atoms with van der Waals surface area (Å²) >= 11 is 7.88. The van der Waals surface area contributed by atoms with Crippen molar-refractivity contribution in [1.29, 1.82) is 0 Å². The number of aryl methyl sites for hydroxylation is 1. The molecule has 0 amide bonds. The maximum absolute atomic E-state index is 6.16. The van der Waals surface area contributed by atoms with E-state index in [1.54, 1.807) is 11.8 Å². The molecule has 0 bridgehead atoms. The van der Waals surface area contributed by atoms with Crippen LogP contribution in [0.1, 0.15) is 24.0 Å². The van der Waals surface area contributed by atoms with E-state index in [9.17, 15) is 0 Å². The van der Waals surface area contributed by atoms with Crippen LogP contribution in [0.5, 0.6) is 0 Å². The summed E-state index contributed by atoms with van der Waals surface area (Å²) in [7, 11) is 0. The molecule has 0 aliphatic heterocycles. The summed E-state index contributed by atoms with van der Waals surface area (Å²) in [5.74, 6) is 1.54. The van der Waals surface area contributed by atoms with Crippen LogP contribution in [-0.2, 0) is 12.2 Å². The first-order valence-corrected chi connectivity index (χ1v) is 7.26. The molecule has 0 fully saturated rings. The van der Waals surface area contributed by atoms with Gasteiger partial charge in [0.25, 0.3) is 0 Å². The van der Waals surface area contributed by atoms with E-state index < -0.39 is 0 Å². The number of hydrogen-bond donors (Lipinski definition) is 0. The minimum atomic E-state index is 0.591. The molecule has 0 saturated heterocycles. The lowest BCUT2D eigenvalue weighted by molar-refractivity contribution is 0.938. The average Bonchev–Trinajstić information content (AvgIpc) is 2.37. The summed E-state index contributed by atoms with van der Waals surface area (Å²) in [4.78, 5) is 10.1. The minimum absolute atomic E-state index is 0.591. The predicted octanol–water partition coefficient (Wildman–Crippen LogP) is 4.29. The number of benzene rings is 1. The summed E-state index contributed by atoms with van der Waals surface area (Å²) in [6.07, 6.45) is 0.872. The van der Waals surface area contributed by atoms with Crippen molar-refractivity contribution in [3.05, 3.63) is 52.6 Å². The highest BCUT2D eigenvalue weighted by Gasteiger charge is 2.08. The van der Waals surface area contributed by atoms with Crippen LogP contribution in [0, 0.1) is 6.92 Å². The van der Waals surface area contributed by atoms with Gasteiger partial charge in [0.15, 0.2) is 0 Å². The van der Waals surface area contributed by atoms with Crippen LogP contribution in [0.15, 0.2) is 35.2 Å². The molecule has 2 nitrogen and oxygen atoms in total. The second kappa shape index (κ2) is 6.21. The highest BCUT2D eigenvalue weighted by Crippen LogP contribution is 2.23. The maximum atomic E-state index is 6.16. The smallest absolute Gasteiger partial charge is 0.140 e. The van der Waals surface area contributed by atoms with E-state index in [1.807, 2.05) is 25.1 Å². The normalized spacial score (nSPS) is 10.6. The van der Waals surface area contributed by atoms with Crippen LogP contribution in [0.3, 0.4) is 0 Å². The summed E-state index contributed by atoms with van der Waals surface area (Å²) in [5, 5.41) is 0.591. The fraction of sp³-hybridized carbons (Fsp3) is 0.286. The SMILES string of the molecule is CCc1c(C)nc(CSc2ccccc2)nc1Cl. The molecule has 0 atom stereocenters. The van der Waals surface area contributed by atoms with E-state index in [-0.39, 0.29) is 0 Å². The molecule has 0 aliphatic rings. The van der Waals surface area contributed by atoms with E-state index in [2.05, 4.69) is 29.0 Å². The molecule has 2 aromatic rings. The van der Waals surface area contributed by atoms with Crippen LogP contribution in [0.2, 0.25) is 5.15 Å². The Bertz CT molecular complexity index is 506. The van der Waals surface area contributed by atoms with Crippen molar-refractivity contribution in [3.63, 3.8) is 0 Å². The number of thioether (sulfide) groups is 1. The average molecular weight is 279 g/mol. The van der Waals surface area contributed by atoms with Gasteiger partial charge >= 0.3 is 0 Å². The van der Waals surface area contributed by atoms with Crippen molar-refractivity contribution < 1.29 is 0 Å². The number of nitrogens with zero attached hydrogens (tertiary/aromatic N) is 2. The Morgan fingerprint density at radius 1 is 1.17 bits per heavy atom. The fourth-order valence-electron chi connectivity index (χ4n) is 1.75. The van der Waals surface area contributed by atoms with Crippen LogP contribution >= 0.6 is 23.4 Å². The first-order valence-electron chi connectivity index (χ1n) is 5.90. The van der Waals surface area contributed by atoms with Gasteiger partial charge in [0.1, 0.15) is 11.0 Å². The molecule has 0 radical (unpaired) electrons. The summed E-state index contributed by atoms with van der Waals surface area (Å²) in [5.41, 5.74) is 2.03. The summed E-state index contributed by atoms with van der Waals surface area (Å²) in [6.45, 7) is 4.05. The van der Waals surface area contributed by atoms with Gasteiger partial charge in [0, 0.05) is 16.2 Å². The fourth-order valence-corrected chi connectivity index (χ4v) is 2.89. The van der Waals surface area contributed by atoms with Crippen LogP contribution in [0.4, 0.5) is 0 Å². The first-order chi connectivity index (χ1) is 8.70. The van der Waals surface area contributed by atoms with Crippen molar-refractivity contribution in [2.45, 2.75) is 30.9 Å². The zero-order valence-electron chi connectivity index (χ0n) is 10.5. The minimum Gasteiger partial charge on any atom is -0.237 e. The Morgan fingerprint density at radius 3 is 2.50 bits per heavy atom. The Morgan fingerprint density at radius 2 is 1.89 bits per heavy atom. The molecule has 0 aliphatic carbocycles. The van der Waals surface area contributed by atoms with Gasteiger partial charge < -0.3 is 0 Å². The molecule has 94 valence electrons. The second-order valence-corrected chi connectivity index (χ2v) is 5.36. The van der Waals surface area contributed by atoms with E-state index in [4.69, 9.17) is 11.6 Å². The number of rotatable bonds is 4. The Balaban J connectivity index is 2.11. The van der Waals surface area contributed by atoms with E-state index in [0.29, 0.717) is 5.15 Å². The monoisotopic (exact) mass is 278 g/mol. The van der Waals surface area contributed by atoms with Crippen molar-refractivity contribution in [2.24, 2.45) is 0 Å². The van der Waals surface area contributed by atoms with Gasteiger partial charge in [-0.05, 0) is 25.5 Å². The third kappa shape index (κ3) is 3.24. The zero-order chi connectivity index (χ0) is 13.0. The quantitative estimate of drug-likeness (QED) is 0.616. The molecule has 18 heavy (non-hydrogen) atoms. The number of aromatic nitrogens is 2. The molecule has 4 heteroatoms. The lowest BCUT2D eigenvalue weighted by Gasteiger charge is -2.07. The van der Waals surface area contributed by atoms with Crippen molar-refractivity contribution >= 4 is 23.4 Å². The molecule has 0 saturated carbocycles. The maximum Gasteiger partial charge on any atom is 0.140 e. The lowest BCUT2D eigenvalue weighted by Crippen LogP contribution is -2.01. The van der Waals surface area contributed by atoms with Gasteiger partial charge in [0.05, 0.1) is 5.75 Å². The van der Waals surface area contributed by atoms with Gasteiger partial charge in [0.2, 0.25) is 0 Å². The van der Waals surface area contributed by atoms with Gasteiger partial charge in [-0.25, -0.2) is 9.97 Å². The van der Waals surface area contributed by atoms with E-state index in [0.717, 1.165) is 29.3 Å². The number of halogens is 1. The molecule has 0 N–H and O–H groups in total. The molecule has 1 aromatic heterocycles. The Labute approximate surface area is 117 Å². The standard InChI is InChI=1S/C14H15ClN2S/c1-3-12-10(2)16-13(17-14(12)15)9-18-11-7-5-4-6-8-11/h4-8H,3,9H2,1-2H3. The Hall–Kier alpha value is -1.06. The van der Waals surface area contributed by atoms with Gasteiger partial charge in [-0.2, -0.15) is 0 Å². The van der Waals surface area contributed by atoms with Gasteiger partial charge in [-0.3, -0.25) is 0 Å². The third-order valence-corrected chi connectivity index (χ3v) is 4.00. The van der Waals surface area contributed by atoms with E-state index >= 15 is 0 Å². The molecule has 0 unspecified atom stereocenters. The largest absolute Gasteiger partial charge is 0.237 e. The molecule has 1 heterocycles.